The topological polar surface area (TPSA) is 63.0 Å². The highest BCUT2D eigenvalue weighted by Crippen LogP contribution is 2.33. The molecule has 1 atom stereocenters. The van der Waals surface area contributed by atoms with Crippen LogP contribution in [0, 0.1) is 11.3 Å². The maximum absolute atomic E-state index is 12.6. The molecule has 0 aliphatic heterocycles. The molecule has 4 nitrogen and oxygen atoms in total. The molecule has 1 unspecified atom stereocenters. The highest BCUT2D eigenvalue weighted by Gasteiger charge is 2.33. The number of halogens is 4. The molecule has 25 heavy (non-hydrogen) atoms. The minimum absolute atomic E-state index is 0.0821. The van der Waals surface area contributed by atoms with E-state index in [9.17, 15) is 23.2 Å². The molecule has 1 heterocycles. The van der Waals surface area contributed by atoms with E-state index in [-0.39, 0.29) is 17.1 Å². The van der Waals surface area contributed by atoms with E-state index in [1.165, 1.54) is 7.11 Å². The molecule has 0 bridgehead atoms. The first-order valence-electron chi connectivity index (χ1n) is 7.04. The van der Waals surface area contributed by atoms with Gasteiger partial charge in [-0.15, -0.1) is 0 Å². The van der Waals surface area contributed by atoms with Crippen LogP contribution in [0.2, 0.25) is 5.02 Å². The smallest absolute Gasteiger partial charge is 0.417 e. The summed E-state index contributed by atoms with van der Waals surface area (Å²) in [7, 11) is 1.50. The summed E-state index contributed by atoms with van der Waals surface area (Å²) in [5.74, 6) is -1.25. The fourth-order valence-electron chi connectivity index (χ4n) is 2.15. The molecular weight excluding hydrogens is 357 g/mol. The molecule has 1 aromatic carbocycles. The first-order valence-corrected chi connectivity index (χ1v) is 7.42. The third kappa shape index (κ3) is 4.48. The van der Waals surface area contributed by atoms with Gasteiger partial charge in [0.1, 0.15) is 11.7 Å². The Kier molecular flexibility index (Phi) is 5.65. The van der Waals surface area contributed by atoms with E-state index in [1.807, 2.05) is 0 Å². The third-order valence-corrected chi connectivity index (χ3v) is 3.76. The van der Waals surface area contributed by atoms with Crippen LogP contribution in [0.3, 0.4) is 0 Å². The standard InChI is InChI=1S/C17H12ClF3N2O2/c1-25-12-4-2-10(3-5-12)6-15(24)13(8-22)16-14(18)7-11(9-23-16)17(19,20)21/h2-5,7,9,13H,6H2,1H3. The Bertz CT molecular complexity index is 814. The molecule has 0 radical (unpaired) electrons. The van der Waals surface area contributed by atoms with Gasteiger partial charge in [0.05, 0.1) is 29.5 Å². The molecule has 0 saturated carbocycles. The summed E-state index contributed by atoms with van der Waals surface area (Å²) in [6.07, 6.45) is -4.13. The van der Waals surface area contributed by atoms with Crippen LogP contribution >= 0.6 is 11.6 Å². The van der Waals surface area contributed by atoms with Gasteiger partial charge >= 0.3 is 6.18 Å². The summed E-state index contributed by atoms with van der Waals surface area (Å²) >= 11 is 5.81. The van der Waals surface area contributed by atoms with Crippen molar-refractivity contribution >= 4 is 17.4 Å². The fourth-order valence-corrected chi connectivity index (χ4v) is 2.42. The molecule has 0 N–H and O–H groups in total. The average Bonchev–Trinajstić information content (AvgIpc) is 2.56. The summed E-state index contributed by atoms with van der Waals surface area (Å²) in [6.45, 7) is 0. The summed E-state index contributed by atoms with van der Waals surface area (Å²) < 4.78 is 43.0. The predicted octanol–water partition coefficient (Wildman–Crippen LogP) is 4.18. The van der Waals surface area contributed by atoms with Gasteiger partial charge in [-0.2, -0.15) is 18.4 Å². The van der Waals surface area contributed by atoms with Crippen molar-refractivity contribution in [3.63, 3.8) is 0 Å². The van der Waals surface area contributed by atoms with Gasteiger partial charge in [0.15, 0.2) is 5.78 Å². The molecule has 130 valence electrons. The zero-order chi connectivity index (χ0) is 18.6. The molecule has 0 spiro atoms. The lowest BCUT2D eigenvalue weighted by Crippen LogP contribution is -2.16. The number of ketones is 1. The summed E-state index contributed by atoms with van der Waals surface area (Å²) in [6, 6.07) is 9.06. The number of nitrogens with zero attached hydrogens (tertiary/aromatic N) is 2. The minimum atomic E-state index is -4.61. The van der Waals surface area contributed by atoms with Gasteiger partial charge in [-0.1, -0.05) is 23.7 Å². The minimum Gasteiger partial charge on any atom is -0.497 e. The summed E-state index contributed by atoms with van der Waals surface area (Å²) in [5, 5.41) is 8.88. The van der Waals surface area contributed by atoms with Crippen molar-refractivity contribution in [2.45, 2.75) is 18.5 Å². The molecule has 0 saturated heterocycles. The number of ether oxygens (including phenoxy) is 1. The lowest BCUT2D eigenvalue weighted by molar-refractivity contribution is -0.137. The van der Waals surface area contributed by atoms with Gasteiger partial charge in [-0.05, 0) is 23.8 Å². The van der Waals surface area contributed by atoms with Crippen molar-refractivity contribution in [1.82, 2.24) is 4.98 Å². The Hall–Kier alpha value is -2.59. The molecule has 8 heteroatoms. The lowest BCUT2D eigenvalue weighted by Gasteiger charge is -2.12. The monoisotopic (exact) mass is 368 g/mol. The number of hydrogen-bond acceptors (Lipinski definition) is 4. The highest BCUT2D eigenvalue weighted by molar-refractivity contribution is 6.31. The highest BCUT2D eigenvalue weighted by atomic mass is 35.5. The Morgan fingerprint density at radius 3 is 2.48 bits per heavy atom. The van der Waals surface area contributed by atoms with Gasteiger partial charge in [-0.25, -0.2) is 0 Å². The number of carbonyl (C=O) groups excluding carboxylic acids is 1. The quantitative estimate of drug-likeness (QED) is 0.794. The van der Waals surface area contributed by atoms with Gasteiger partial charge < -0.3 is 4.74 Å². The zero-order valence-electron chi connectivity index (χ0n) is 13.0. The number of benzene rings is 1. The molecule has 2 aromatic rings. The van der Waals surface area contributed by atoms with E-state index in [0.717, 1.165) is 0 Å². The zero-order valence-corrected chi connectivity index (χ0v) is 13.7. The Labute approximate surface area is 146 Å². The second-order valence-electron chi connectivity index (χ2n) is 5.14. The Morgan fingerprint density at radius 2 is 2.00 bits per heavy atom. The number of rotatable bonds is 5. The maximum Gasteiger partial charge on any atom is 0.417 e. The van der Waals surface area contributed by atoms with Crippen LogP contribution in [0.15, 0.2) is 36.5 Å². The van der Waals surface area contributed by atoms with E-state index in [0.29, 0.717) is 23.6 Å². The van der Waals surface area contributed by atoms with Gasteiger partial charge in [0, 0.05) is 12.6 Å². The third-order valence-electron chi connectivity index (χ3n) is 3.46. The van der Waals surface area contributed by atoms with Crippen LogP contribution in [0.1, 0.15) is 22.7 Å². The summed E-state index contributed by atoms with van der Waals surface area (Å²) in [4.78, 5) is 15.9. The molecule has 0 aliphatic carbocycles. The van der Waals surface area contributed by atoms with Crippen LogP contribution in [0.5, 0.6) is 5.75 Å². The molecule has 0 fully saturated rings. The number of methoxy groups -OCH3 is 1. The fraction of sp³-hybridized carbons (Fsp3) is 0.235. The van der Waals surface area contributed by atoms with Gasteiger partial charge in [0.2, 0.25) is 0 Å². The summed E-state index contributed by atoms with van der Waals surface area (Å²) in [5.41, 5.74) is -0.592. The van der Waals surface area contributed by atoms with Crippen molar-refractivity contribution in [1.29, 1.82) is 5.26 Å². The van der Waals surface area contributed by atoms with Crippen molar-refractivity contribution in [2.75, 3.05) is 7.11 Å². The molecular formula is C17H12ClF3N2O2. The molecule has 2 rings (SSSR count). The molecule has 1 aromatic heterocycles. The van der Waals surface area contributed by atoms with Crippen molar-refractivity contribution < 1.29 is 22.7 Å². The normalized spacial score (nSPS) is 12.3. The molecule has 0 aliphatic rings. The number of hydrogen-bond donors (Lipinski definition) is 0. The van der Waals surface area contributed by atoms with Crippen LogP contribution < -0.4 is 4.74 Å². The number of pyridine rings is 1. The lowest BCUT2D eigenvalue weighted by atomic mass is 9.95. The Morgan fingerprint density at radius 1 is 1.36 bits per heavy atom. The largest absolute Gasteiger partial charge is 0.497 e. The van der Waals surface area contributed by atoms with E-state index in [2.05, 4.69) is 4.98 Å². The second-order valence-corrected chi connectivity index (χ2v) is 5.55. The number of Topliss-reactive ketones (excluding diaryl/α,β-unsaturated/α-hetero) is 1. The number of aromatic nitrogens is 1. The average molecular weight is 369 g/mol. The predicted molar refractivity (Wildman–Crippen MR) is 84.3 cm³/mol. The second kappa shape index (κ2) is 7.53. The van der Waals surface area contributed by atoms with Crippen molar-refractivity contribution in [3.05, 3.63) is 58.4 Å². The van der Waals surface area contributed by atoms with Crippen LogP contribution in [0.4, 0.5) is 13.2 Å². The van der Waals surface area contributed by atoms with E-state index in [1.54, 1.807) is 30.3 Å². The van der Waals surface area contributed by atoms with Crippen molar-refractivity contribution in [2.24, 2.45) is 0 Å². The first kappa shape index (κ1) is 18.7. The van der Waals surface area contributed by atoms with Crippen molar-refractivity contribution in [3.8, 4) is 11.8 Å². The number of carbonyl (C=O) groups is 1. The maximum atomic E-state index is 12.6. The van der Waals surface area contributed by atoms with Crippen LogP contribution in [0.25, 0.3) is 0 Å². The first-order chi connectivity index (χ1) is 11.8. The van der Waals surface area contributed by atoms with E-state index in [4.69, 9.17) is 16.3 Å². The van der Waals surface area contributed by atoms with Gasteiger partial charge in [0.25, 0.3) is 0 Å². The molecule has 0 amide bonds. The number of alkyl halides is 3. The Balaban J connectivity index is 2.23. The van der Waals surface area contributed by atoms with Crippen LogP contribution in [-0.4, -0.2) is 17.9 Å². The van der Waals surface area contributed by atoms with Crippen LogP contribution in [-0.2, 0) is 17.4 Å². The van der Waals surface area contributed by atoms with Gasteiger partial charge in [-0.3, -0.25) is 9.78 Å². The SMILES string of the molecule is COc1ccc(CC(=O)C(C#N)c2ncc(C(F)(F)F)cc2Cl)cc1. The number of nitriles is 1. The van der Waals surface area contributed by atoms with E-state index >= 15 is 0 Å². The van der Waals surface area contributed by atoms with E-state index < -0.39 is 23.4 Å².